The first-order valence-electron chi connectivity index (χ1n) is 8.62. The Balaban J connectivity index is 1.78. The Bertz CT molecular complexity index is 1180. The summed E-state index contributed by atoms with van der Waals surface area (Å²) in [7, 11) is 0. The highest BCUT2D eigenvalue weighted by Gasteiger charge is 2.50. The van der Waals surface area contributed by atoms with Crippen LogP contribution in [0.5, 0.6) is 0 Å². The van der Waals surface area contributed by atoms with Crippen LogP contribution in [-0.4, -0.2) is 35.5 Å². The Hall–Kier alpha value is -2.61. The number of fused-ring (bicyclic) bond motifs is 3. The third kappa shape index (κ3) is 2.58. The lowest BCUT2D eigenvalue weighted by Gasteiger charge is -2.38. The molecule has 4 aromatic rings. The molecule has 3 aromatic heterocycles. The van der Waals surface area contributed by atoms with Crippen LogP contribution in [-0.2, 0) is 6.54 Å². The molecule has 1 aromatic carbocycles. The van der Waals surface area contributed by atoms with E-state index in [1.54, 1.807) is 39.8 Å². The maximum Gasteiger partial charge on any atom is 0.268 e. The summed E-state index contributed by atoms with van der Waals surface area (Å²) >= 11 is 6.17. The summed E-state index contributed by atoms with van der Waals surface area (Å²) in [4.78, 5) is 9.00. The number of aryl methyl sites for hydroxylation is 1. The number of aromatic nitrogens is 6. The topological polar surface area (TPSA) is 61.4 Å². The van der Waals surface area contributed by atoms with E-state index in [1.807, 2.05) is 6.92 Å². The molecule has 0 spiro atoms. The Labute approximate surface area is 157 Å². The number of alkyl halides is 2. The summed E-state index contributed by atoms with van der Waals surface area (Å²) in [5.41, 5.74) is 2.65. The average molecular weight is 389 g/mol. The van der Waals surface area contributed by atoms with Gasteiger partial charge < -0.3 is 4.57 Å². The van der Waals surface area contributed by atoms with Crippen molar-refractivity contribution in [2.24, 2.45) is 0 Å². The predicted molar refractivity (Wildman–Crippen MR) is 97.1 cm³/mol. The number of nitrogens with zero attached hydrogens (tertiary/aromatic N) is 6. The van der Waals surface area contributed by atoms with E-state index < -0.39 is 12.0 Å². The average Bonchev–Trinajstić information content (AvgIpc) is 3.18. The molecule has 5 rings (SSSR count). The molecule has 6 nitrogen and oxygen atoms in total. The number of pyridine rings is 1. The smallest absolute Gasteiger partial charge is 0.268 e. The third-order valence-electron chi connectivity index (χ3n) is 5.06. The zero-order valence-electron chi connectivity index (χ0n) is 14.4. The SMILES string of the molecule is Cc1cn(Cc2nc3cnc4ccc(Cl)cc4c3n2C2CCC2(F)F)nn1. The van der Waals surface area contributed by atoms with E-state index in [1.165, 1.54) is 0 Å². The van der Waals surface area contributed by atoms with Crippen molar-refractivity contribution in [1.82, 2.24) is 29.5 Å². The molecule has 1 aliphatic rings. The number of imidazole rings is 1. The van der Waals surface area contributed by atoms with E-state index in [4.69, 9.17) is 11.6 Å². The van der Waals surface area contributed by atoms with Gasteiger partial charge in [0.2, 0.25) is 0 Å². The minimum absolute atomic E-state index is 0.122. The van der Waals surface area contributed by atoms with E-state index in [0.717, 1.165) is 11.1 Å². The molecule has 9 heteroatoms. The van der Waals surface area contributed by atoms with Crippen molar-refractivity contribution in [3.8, 4) is 0 Å². The zero-order chi connectivity index (χ0) is 18.8. The van der Waals surface area contributed by atoms with Crippen LogP contribution >= 0.6 is 11.6 Å². The van der Waals surface area contributed by atoms with E-state index in [-0.39, 0.29) is 13.0 Å². The van der Waals surface area contributed by atoms with E-state index in [9.17, 15) is 8.78 Å². The molecule has 0 N–H and O–H groups in total. The van der Waals surface area contributed by atoms with Crippen molar-refractivity contribution in [3.05, 3.63) is 47.1 Å². The van der Waals surface area contributed by atoms with Gasteiger partial charge in [-0.05, 0) is 31.5 Å². The van der Waals surface area contributed by atoms with Gasteiger partial charge in [0.15, 0.2) is 0 Å². The summed E-state index contributed by atoms with van der Waals surface area (Å²) in [5, 5.41) is 9.24. The molecule has 0 bridgehead atoms. The second kappa shape index (κ2) is 5.69. The lowest BCUT2D eigenvalue weighted by molar-refractivity contribution is -0.122. The zero-order valence-corrected chi connectivity index (χ0v) is 15.2. The Morgan fingerprint density at radius 3 is 2.81 bits per heavy atom. The largest absolute Gasteiger partial charge is 0.317 e. The number of benzene rings is 1. The summed E-state index contributed by atoms with van der Waals surface area (Å²) in [5.74, 6) is -2.26. The van der Waals surface area contributed by atoms with Crippen LogP contribution in [0.4, 0.5) is 8.78 Å². The van der Waals surface area contributed by atoms with Crippen molar-refractivity contribution in [1.29, 1.82) is 0 Å². The summed E-state index contributed by atoms with van der Waals surface area (Å²) in [6.45, 7) is 2.08. The molecule has 138 valence electrons. The Morgan fingerprint density at radius 2 is 2.15 bits per heavy atom. The van der Waals surface area contributed by atoms with Crippen molar-refractivity contribution in [2.75, 3.05) is 0 Å². The molecule has 1 fully saturated rings. The predicted octanol–water partition coefficient (Wildman–Crippen LogP) is 4.16. The monoisotopic (exact) mass is 388 g/mol. The number of halogens is 3. The van der Waals surface area contributed by atoms with Crippen LogP contribution in [0.1, 0.15) is 30.4 Å². The van der Waals surface area contributed by atoms with Gasteiger partial charge in [0, 0.05) is 23.0 Å². The van der Waals surface area contributed by atoms with Crippen LogP contribution in [0.25, 0.3) is 21.9 Å². The van der Waals surface area contributed by atoms with E-state index in [2.05, 4.69) is 20.3 Å². The van der Waals surface area contributed by atoms with Crippen LogP contribution in [0, 0.1) is 6.92 Å². The third-order valence-corrected chi connectivity index (χ3v) is 5.29. The molecule has 27 heavy (non-hydrogen) atoms. The van der Waals surface area contributed by atoms with E-state index in [0.29, 0.717) is 33.8 Å². The first-order chi connectivity index (χ1) is 12.9. The van der Waals surface area contributed by atoms with Crippen molar-refractivity contribution >= 4 is 33.5 Å². The van der Waals surface area contributed by atoms with Gasteiger partial charge in [0.25, 0.3) is 5.92 Å². The summed E-state index contributed by atoms with van der Waals surface area (Å²) in [6.07, 6.45) is 3.65. The van der Waals surface area contributed by atoms with Gasteiger partial charge in [-0.15, -0.1) is 5.10 Å². The first kappa shape index (κ1) is 16.6. The fourth-order valence-electron chi connectivity index (χ4n) is 3.67. The molecule has 1 unspecified atom stereocenters. The molecule has 1 aliphatic carbocycles. The Kier molecular flexibility index (Phi) is 3.49. The second-order valence-electron chi connectivity index (χ2n) is 6.92. The minimum Gasteiger partial charge on any atom is -0.317 e. The van der Waals surface area contributed by atoms with Gasteiger partial charge in [0.1, 0.15) is 17.9 Å². The van der Waals surface area contributed by atoms with Crippen LogP contribution in [0.2, 0.25) is 5.02 Å². The number of hydrogen-bond acceptors (Lipinski definition) is 4. The van der Waals surface area contributed by atoms with Crippen LogP contribution in [0.15, 0.2) is 30.6 Å². The highest BCUT2D eigenvalue weighted by Crippen LogP contribution is 2.49. The highest BCUT2D eigenvalue weighted by atomic mass is 35.5. The molecular formula is C18H15ClF2N6. The van der Waals surface area contributed by atoms with Crippen molar-refractivity contribution < 1.29 is 8.78 Å². The van der Waals surface area contributed by atoms with Gasteiger partial charge in [-0.3, -0.25) is 4.98 Å². The van der Waals surface area contributed by atoms with Gasteiger partial charge in [-0.2, -0.15) is 0 Å². The fraction of sp³-hybridized carbons (Fsp3) is 0.333. The second-order valence-corrected chi connectivity index (χ2v) is 7.36. The summed E-state index contributed by atoms with van der Waals surface area (Å²) < 4.78 is 32.0. The lowest BCUT2D eigenvalue weighted by atomic mass is 9.87. The molecule has 0 aliphatic heterocycles. The molecule has 3 heterocycles. The van der Waals surface area contributed by atoms with Crippen molar-refractivity contribution in [2.45, 2.75) is 38.3 Å². The standard InChI is InChI=1S/C18H15ClF2N6/c1-10-8-26(25-24-10)9-16-23-14-7-22-13-3-2-11(19)6-12(13)17(14)27(16)15-4-5-18(15,20)21/h2-3,6-8,15H,4-5,9H2,1H3. The molecule has 0 amide bonds. The molecular weight excluding hydrogens is 374 g/mol. The van der Waals surface area contributed by atoms with Crippen LogP contribution < -0.4 is 0 Å². The normalized spacial score (nSPS) is 18.9. The van der Waals surface area contributed by atoms with Crippen LogP contribution in [0.3, 0.4) is 0 Å². The fourth-order valence-corrected chi connectivity index (χ4v) is 3.84. The van der Waals surface area contributed by atoms with E-state index >= 15 is 0 Å². The highest BCUT2D eigenvalue weighted by molar-refractivity contribution is 6.31. The number of rotatable bonds is 3. The lowest BCUT2D eigenvalue weighted by Crippen LogP contribution is -2.41. The molecule has 0 saturated heterocycles. The summed E-state index contributed by atoms with van der Waals surface area (Å²) in [6, 6.07) is 4.34. The van der Waals surface area contributed by atoms with Gasteiger partial charge >= 0.3 is 0 Å². The van der Waals surface area contributed by atoms with Gasteiger partial charge in [-0.1, -0.05) is 16.8 Å². The molecule has 1 saturated carbocycles. The maximum absolute atomic E-state index is 14.4. The van der Waals surface area contributed by atoms with Gasteiger partial charge in [-0.25, -0.2) is 18.4 Å². The quantitative estimate of drug-likeness (QED) is 0.528. The molecule has 1 atom stereocenters. The number of hydrogen-bond donors (Lipinski definition) is 0. The molecule has 0 radical (unpaired) electrons. The maximum atomic E-state index is 14.4. The van der Waals surface area contributed by atoms with Gasteiger partial charge in [0.05, 0.1) is 29.0 Å². The first-order valence-corrected chi connectivity index (χ1v) is 9.00. The minimum atomic E-state index is -2.77. The Morgan fingerprint density at radius 1 is 1.30 bits per heavy atom. The van der Waals surface area contributed by atoms with Crippen molar-refractivity contribution in [3.63, 3.8) is 0 Å².